The molecule has 0 aliphatic heterocycles. The van der Waals surface area contributed by atoms with Crippen LogP contribution in [0.5, 0.6) is 0 Å². The second-order valence-electron chi connectivity index (χ2n) is 5.45. The normalized spacial score (nSPS) is 10.8. The molecule has 20 heavy (non-hydrogen) atoms. The van der Waals surface area contributed by atoms with E-state index in [1.807, 2.05) is 25.1 Å². The molecule has 3 nitrogen and oxygen atoms in total. The van der Waals surface area contributed by atoms with Crippen LogP contribution in [-0.4, -0.2) is 11.2 Å². The number of nitrogens with two attached hydrogens (primary N) is 1. The second-order valence-corrected chi connectivity index (χ2v) is 5.45. The third kappa shape index (κ3) is 2.57. The number of anilines is 1. The van der Waals surface area contributed by atoms with Crippen LogP contribution in [-0.2, 0) is 0 Å². The van der Waals surface area contributed by atoms with Gasteiger partial charge in [0.2, 0.25) is 0 Å². The molecule has 0 unspecified atom stereocenters. The van der Waals surface area contributed by atoms with Crippen LogP contribution in [0.15, 0.2) is 24.3 Å². The first-order valence-electron chi connectivity index (χ1n) is 6.82. The lowest BCUT2D eigenvalue weighted by atomic mass is 9.91. The number of hydrogen-bond acceptors (Lipinski definition) is 3. The molecule has 0 fully saturated rings. The molecule has 104 valence electrons. The highest BCUT2D eigenvalue weighted by molar-refractivity contribution is 5.83. The Morgan fingerprint density at radius 3 is 2.45 bits per heavy atom. The topological polar surface area (TPSA) is 62.8 Å². The zero-order valence-corrected chi connectivity index (χ0v) is 12.5. The van der Waals surface area contributed by atoms with E-state index in [0.717, 1.165) is 22.5 Å². The van der Waals surface area contributed by atoms with Gasteiger partial charge in [0.05, 0.1) is 17.1 Å². The van der Waals surface area contributed by atoms with Crippen molar-refractivity contribution >= 4 is 11.9 Å². The lowest BCUT2D eigenvalue weighted by Crippen LogP contribution is -2.00. The van der Waals surface area contributed by atoms with Gasteiger partial charge in [-0.25, -0.2) is 0 Å². The molecule has 1 aromatic carbocycles. The van der Waals surface area contributed by atoms with Crippen molar-refractivity contribution in [2.75, 3.05) is 5.73 Å². The number of nitrogens with one attached hydrogen (secondary N) is 1. The molecular weight excluding hydrogens is 246 g/mol. The fourth-order valence-electron chi connectivity index (χ4n) is 2.39. The van der Waals surface area contributed by atoms with Gasteiger partial charge in [-0.15, -0.1) is 0 Å². The molecule has 1 heterocycles. The second kappa shape index (κ2) is 5.45. The number of nitrogens with zero attached hydrogens (tertiary/aromatic N) is 1. The number of rotatable bonds is 3. The summed E-state index contributed by atoms with van der Waals surface area (Å²) in [6.45, 7) is 8.32. The molecule has 3 heteroatoms. The van der Waals surface area contributed by atoms with E-state index in [1.165, 1.54) is 17.3 Å². The van der Waals surface area contributed by atoms with Crippen LogP contribution in [0.4, 0.5) is 5.69 Å². The van der Waals surface area contributed by atoms with E-state index >= 15 is 0 Å². The number of benzene rings is 1. The summed E-state index contributed by atoms with van der Waals surface area (Å²) in [5.41, 5.74) is 12.7. The van der Waals surface area contributed by atoms with Crippen molar-refractivity contribution in [3.8, 4) is 11.3 Å². The summed E-state index contributed by atoms with van der Waals surface area (Å²) in [4.78, 5) is 4.55. The maximum absolute atomic E-state index is 7.59. The summed E-state index contributed by atoms with van der Waals surface area (Å²) >= 11 is 0. The maximum atomic E-state index is 7.59. The van der Waals surface area contributed by atoms with Crippen molar-refractivity contribution in [1.82, 2.24) is 4.98 Å². The maximum Gasteiger partial charge on any atom is 0.0707 e. The average Bonchev–Trinajstić information content (AvgIpc) is 2.42. The summed E-state index contributed by atoms with van der Waals surface area (Å²) < 4.78 is 0. The molecule has 1 aromatic heterocycles. The lowest BCUT2D eigenvalue weighted by molar-refractivity contribution is 0.856. The van der Waals surface area contributed by atoms with Crippen molar-refractivity contribution in [1.29, 1.82) is 5.41 Å². The third-order valence-electron chi connectivity index (χ3n) is 3.69. The van der Waals surface area contributed by atoms with E-state index in [1.54, 1.807) is 0 Å². The molecule has 0 saturated heterocycles. The third-order valence-corrected chi connectivity index (χ3v) is 3.69. The summed E-state index contributed by atoms with van der Waals surface area (Å²) in [6.07, 6.45) is 1.41. The Morgan fingerprint density at radius 2 is 1.90 bits per heavy atom. The highest BCUT2D eigenvalue weighted by Crippen LogP contribution is 2.29. The molecular formula is C17H21N3. The van der Waals surface area contributed by atoms with Crippen LogP contribution >= 0.6 is 0 Å². The monoisotopic (exact) mass is 267 g/mol. The summed E-state index contributed by atoms with van der Waals surface area (Å²) in [5, 5.41) is 7.59. The zero-order chi connectivity index (χ0) is 14.9. The Bertz CT molecular complexity index is 658. The van der Waals surface area contributed by atoms with Crippen LogP contribution in [0, 0.1) is 19.3 Å². The molecule has 2 rings (SSSR count). The predicted octanol–water partition coefficient (Wildman–Crippen LogP) is 4.07. The Kier molecular flexibility index (Phi) is 3.89. The molecule has 0 atom stereocenters. The van der Waals surface area contributed by atoms with Gasteiger partial charge < -0.3 is 11.1 Å². The number of pyridine rings is 1. The molecule has 0 bridgehead atoms. The Balaban J connectivity index is 2.64. The van der Waals surface area contributed by atoms with Gasteiger partial charge in [0.15, 0.2) is 0 Å². The number of nitrogen functional groups attached to an aromatic ring is 1. The minimum absolute atomic E-state index is 0.420. The van der Waals surface area contributed by atoms with Gasteiger partial charge in [-0.3, -0.25) is 4.98 Å². The van der Waals surface area contributed by atoms with Gasteiger partial charge in [0.25, 0.3) is 0 Å². The largest absolute Gasteiger partial charge is 0.397 e. The minimum Gasteiger partial charge on any atom is -0.397 e. The smallest absolute Gasteiger partial charge is 0.0707 e. The van der Waals surface area contributed by atoms with E-state index in [4.69, 9.17) is 11.1 Å². The van der Waals surface area contributed by atoms with Crippen LogP contribution < -0.4 is 5.73 Å². The summed E-state index contributed by atoms with van der Waals surface area (Å²) in [6, 6.07) is 8.01. The van der Waals surface area contributed by atoms with Crippen molar-refractivity contribution in [3.05, 3.63) is 46.6 Å². The molecule has 0 radical (unpaired) electrons. The van der Waals surface area contributed by atoms with Crippen LogP contribution in [0.1, 0.15) is 42.1 Å². The molecule has 0 saturated carbocycles. The van der Waals surface area contributed by atoms with E-state index < -0.39 is 0 Å². The van der Waals surface area contributed by atoms with E-state index in [2.05, 4.69) is 31.8 Å². The highest BCUT2D eigenvalue weighted by Gasteiger charge is 2.11. The van der Waals surface area contributed by atoms with Crippen molar-refractivity contribution in [2.24, 2.45) is 0 Å². The van der Waals surface area contributed by atoms with Gasteiger partial charge in [0.1, 0.15) is 0 Å². The van der Waals surface area contributed by atoms with Crippen molar-refractivity contribution < 1.29 is 0 Å². The first kappa shape index (κ1) is 14.3. The quantitative estimate of drug-likeness (QED) is 0.823. The zero-order valence-electron chi connectivity index (χ0n) is 12.5. The Labute approximate surface area is 120 Å². The summed E-state index contributed by atoms with van der Waals surface area (Å²) in [5.74, 6) is 0.420. The van der Waals surface area contributed by atoms with E-state index in [9.17, 15) is 0 Å². The van der Waals surface area contributed by atoms with Gasteiger partial charge in [0, 0.05) is 11.8 Å². The van der Waals surface area contributed by atoms with E-state index in [0.29, 0.717) is 11.6 Å². The van der Waals surface area contributed by atoms with Crippen molar-refractivity contribution in [3.63, 3.8) is 0 Å². The number of hydrogen-bond donors (Lipinski definition) is 2. The van der Waals surface area contributed by atoms with E-state index in [-0.39, 0.29) is 0 Å². The van der Waals surface area contributed by atoms with Gasteiger partial charge in [-0.2, -0.15) is 0 Å². The van der Waals surface area contributed by atoms with Crippen LogP contribution in [0.25, 0.3) is 11.3 Å². The summed E-state index contributed by atoms with van der Waals surface area (Å²) in [7, 11) is 0. The molecule has 0 aliphatic rings. The van der Waals surface area contributed by atoms with Crippen LogP contribution in [0.2, 0.25) is 0 Å². The van der Waals surface area contributed by atoms with Crippen LogP contribution in [0.3, 0.4) is 0 Å². The molecule has 3 N–H and O–H groups in total. The average molecular weight is 267 g/mol. The fourth-order valence-corrected chi connectivity index (χ4v) is 2.39. The fraction of sp³-hybridized carbons (Fsp3) is 0.294. The SMILES string of the molecule is Cc1nc(-c2cc(C=N)c(C)c(C(C)C)c2)ccc1N. The van der Waals surface area contributed by atoms with Gasteiger partial charge in [-0.1, -0.05) is 13.8 Å². The van der Waals surface area contributed by atoms with Gasteiger partial charge >= 0.3 is 0 Å². The van der Waals surface area contributed by atoms with Gasteiger partial charge in [-0.05, 0) is 60.7 Å². The highest BCUT2D eigenvalue weighted by atomic mass is 14.7. The molecule has 2 aromatic rings. The first-order valence-corrected chi connectivity index (χ1v) is 6.82. The minimum atomic E-state index is 0.420. The Hall–Kier alpha value is -2.16. The molecule has 0 spiro atoms. The molecule has 0 amide bonds. The number of aromatic nitrogens is 1. The standard InChI is InChI=1S/C17H21N3/c1-10(2)15-8-13(7-14(9-18)11(15)3)17-6-5-16(19)12(4)20-17/h5-10,18H,19H2,1-4H3. The molecule has 0 aliphatic carbocycles. The lowest BCUT2D eigenvalue weighted by Gasteiger charge is -2.15. The predicted molar refractivity (Wildman–Crippen MR) is 85.5 cm³/mol. The Morgan fingerprint density at radius 1 is 1.20 bits per heavy atom. The van der Waals surface area contributed by atoms with Crippen molar-refractivity contribution in [2.45, 2.75) is 33.6 Å². The first-order chi connectivity index (χ1) is 9.43. The number of aryl methyl sites for hydroxylation is 1.